The van der Waals surface area contributed by atoms with Crippen LogP contribution in [0.25, 0.3) is 0 Å². The number of nitrogens with one attached hydrogen (secondary N) is 1. The molecule has 1 amide bonds. The van der Waals surface area contributed by atoms with Gasteiger partial charge >= 0.3 is 5.97 Å². The Morgan fingerprint density at radius 2 is 0.556 bits per heavy atom. The molecule has 0 aliphatic rings. The summed E-state index contributed by atoms with van der Waals surface area (Å²) in [5.41, 5.74) is 0. The summed E-state index contributed by atoms with van der Waals surface area (Å²) in [4.78, 5) is 24.6. The van der Waals surface area contributed by atoms with E-state index in [0.29, 0.717) is 25.9 Å². The SMILES string of the molecule is CCCCCC/C=C\C/C=C\CCCCCCCC(=O)OCCCCCCCCCCCCCCCCC/C=C\C/C=C\CCCCCCCCCCCCCCCCCCCC(=O)NC(CO)C(O)CCCCCCCCCCCCCCCCCCCC. The number of aliphatic hydroxyl groups is 2. The summed E-state index contributed by atoms with van der Waals surface area (Å²) in [5, 5.41) is 23.4. The van der Waals surface area contributed by atoms with Gasteiger partial charge in [0, 0.05) is 12.8 Å². The van der Waals surface area contributed by atoms with Gasteiger partial charge in [0.2, 0.25) is 5.91 Å². The number of allylic oxidation sites excluding steroid dienone is 8. The van der Waals surface area contributed by atoms with E-state index in [4.69, 9.17) is 4.74 Å². The maximum Gasteiger partial charge on any atom is 0.305 e. The van der Waals surface area contributed by atoms with Gasteiger partial charge < -0.3 is 20.3 Å². The van der Waals surface area contributed by atoms with Crippen LogP contribution in [-0.4, -0.2) is 47.4 Å². The van der Waals surface area contributed by atoms with Crippen molar-refractivity contribution >= 4 is 11.9 Å². The Balaban J connectivity index is 3.35. The topological polar surface area (TPSA) is 95.9 Å². The second kappa shape index (κ2) is 79.3. The van der Waals surface area contributed by atoms with Gasteiger partial charge in [0.05, 0.1) is 25.4 Å². The summed E-state index contributed by atoms with van der Waals surface area (Å²) >= 11 is 0. The molecule has 3 N–H and O–H groups in total. The number of hydrogen-bond acceptors (Lipinski definition) is 5. The maximum atomic E-state index is 12.6. The molecule has 2 atom stereocenters. The molecule has 0 aromatic carbocycles. The first-order chi connectivity index (χ1) is 44.5. The van der Waals surface area contributed by atoms with Crippen LogP contribution in [0, 0.1) is 0 Å². The van der Waals surface area contributed by atoms with Crippen molar-refractivity contribution in [2.75, 3.05) is 13.2 Å². The highest BCUT2D eigenvalue weighted by Crippen LogP contribution is 2.20. The van der Waals surface area contributed by atoms with Crippen LogP contribution in [0.4, 0.5) is 0 Å². The van der Waals surface area contributed by atoms with E-state index in [1.165, 1.54) is 360 Å². The molecule has 0 aromatic heterocycles. The summed E-state index contributed by atoms with van der Waals surface area (Å²) in [7, 11) is 0. The summed E-state index contributed by atoms with van der Waals surface area (Å²) < 4.78 is 5.50. The molecule has 6 nitrogen and oxygen atoms in total. The number of hydrogen-bond donors (Lipinski definition) is 3. The van der Waals surface area contributed by atoms with E-state index < -0.39 is 12.1 Å². The molecular weight excluding hydrogens is 1100 g/mol. The van der Waals surface area contributed by atoms with Crippen LogP contribution >= 0.6 is 0 Å². The zero-order valence-electron chi connectivity index (χ0n) is 60.9. The molecule has 2 unspecified atom stereocenters. The number of ether oxygens (including phenoxy) is 1. The van der Waals surface area contributed by atoms with Gasteiger partial charge in [-0.05, 0) is 89.9 Å². The van der Waals surface area contributed by atoms with Crippen molar-refractivity contribution < 1.29 is 24.5 Å². The van der Waals surface area contributed by atoms with Crippen LogP contribution in [0.3, 0.4) is 0 Å². The molecule has 0 saturated carbocycles. The van der Waals surface area contributed by atoms with E-state index in [0.717, 1.165) is 57.8 Å². The Morgan fingerprint density at radius 1 is 0.311 bits per heavy atom. The van der Waals surface area contributed by atoms with Crippen LogP contribution in [0.15, 0.2) is 48.6 Å². The lowest BCUT2D eigenvalue weighted by Crippen LogP contribution is -2.45. The van der Waals surface area contributed by atoms with Gasteiger partial charge in [-0.3, -0.25) is 9.59 Å². The first-order valence-corrected chi connectivity index (χ1v) is 40.9. The quantitative estimate of drug-likeness (QED) is 0.0320. The predicted molar refractivity (Wildman–Crippen MR) is 398 cm³/mol. The van der Waals surface area contributed by atoms with Crippen molar-refractivity contribution in [2.24, 2.45) is 0 Å². The first-order valence-electron chi connectivity index (χ1n) is 40.9. The van der Waals surface area contributed by atoms with Crippen LogP contribution in [0.5, 0.6) is 0 Å². The van der Waals surface area contributed by atoms with Crippen LogP contribution < -0.4 is 5.32 Å². The number of aliphatic hydroxyl groups excluding tert-OH is 2. The highest BCUT2D eigenvalue weighted by atomic mass is 16.5. The number of carbonyl (C=O) groups excluding carboxylic acids is 2. The summed E-state index contributed by atoms with van der Waals surface area (Å²) in [6, 6.07) is -0.540. The van der Waals surface area contributed by atoms with Crippen molar-refractivity contribution in [1.29, 1.82) is 0 Å². The number of amides is 1. The predicted octanol–water partition coefficient (Wildman–Crippen LogP) is 27.2. The first kappa shape index (κ1) is 87.8. The van der Waals surface area contributed by atoms with E-state index in [1.807, 2.05) is 0 Å². The van der Waals surface area contributed by atoms with Crippen LogP contribution in [-0.2, 0) is 14.3 Å². The smallest absolute Gasteiger partial charge is 0.305 e. The molecule has 0 spiro atoms. The van der Waals surface area contributed by atoms with Gasteiger partial charge in [-0.1, -0.05) is 396 Å². The lowest BCUT2D eigenvalue weighted by atomic mass is 10.0. The largest absolute Gasteiger partial charge is 0.466 e. The van der Waals surface area contributed by atoms with Gasteiger partial charge in [0.1, 0.15) is 0 Å². The monoisotopic (exact) mass is 1260 g/mol. The van der Waals surface area contributed by atoms with Gasteiger partial charge in [0.15, 0.2) is 0 Å². The molecule has 0 aromatic rings. The van der Waals surface area contributed by atoms with Crippen molar-refractivity contribution in [3.05, 3.63) is 48.6 Å². The van der Waals surface area contributed by atoms with Gasteiger partial charge in [-0.25, -0.2) is 0 Å². The fraction of sp³-hybridized carbons (Fsp3) is 0.881. The fourth-order valence-electron chi connectivity index (χ4n) is 12.9. The summed E-state index contributed by atoms with van der Waals surface area (Å²) in [6.45, 7) is 4.97. The van der Waals surface area contributed by atoms with Crippen molar-refractivity contribution in [2.45, 2.75) is 463 Å². The number of carbonyl (C=O) groups is 2. The zero-order valence-corrected chi connectivity index (χ0v) is 60.9. The number of rotatable bonds is 77. The van der Waals surface area contributed by atoms with E-state index in [-0.39, 0.29) is 18.5 Å². The number of unbranched alkanes of at least 4 members (excludes halogenated alkanes) is 58. The minimum absolute atomic E-state index is 0.00725. The summed E-state index contributed by atoms with van der Waals surface area (Å²) in [6.07, 6.45) is 105. The lowest BCUT2D eigenvalue weighted by Gasteiger charge is -2.22. The normalized spacial score (nSPS) is 12.7. The molecule has 0 fully saturated rings. The molecule has 0 rings (SSSR count). The Kier molecular flexibility index (Phi) is 77.3. The highest BCUT2D eigenvalue weighted by molar-refractivity contribution is 5.76. The van der Waals surface area contributed by atoms with E-state index in [1.54, 1.807) is 0 Å². The third kappa shape index (κ3) is 74.9. The Hall–Kier alpha value is -2.18. The average molecular weight is 1260 g/mol. The lowest BCUT2D eigenvalue weighted by molar-refractivity contribution is -0.143. The third-order valence-electron chi connectivity index (χ3n) is 19.1. The molecule has 530 valence electrons. The highest BCUT2D eigenvalue weighted by Gasteiger charge is 2.20. The van der Waals surface area contributed by atoms with Crippen molar-refractivity contribution in [3.8, 4) is 0 Å². The van der Waals surface area contributed by atoms with Crippen molar-refractivity contribution in [3.63, 3.8) is 0 Å². The molecule has 6 heteroatoms. The Morgan fingerprint density at radius 3 is 0.856 bits per heavy atom. The van der Waals surface area contributed by atoms with Crippen LogP contribution in [0.2, 0.25) is 0 Å². The van der Waals surface area contributed by atoms with Gasteiger partial charge in [-0.2, -0.15) is 0 Å². The molecule has 0 aliphatic heterocycles. The molecule has 90 heavy (non-hydrogen) atoms. The minimum atomic E-state index is -0.663. The van der Waals surface area contributed by atoms with E-state index >= 15 is 0 Å². The standard InChI is InChI=1S/C84H159NO5/c1-3-5-7-9-11-13-15-17-19-21-45-48-52-56-60-64-68-72-76-82(87)81(80-86)85-83(88)77-73-69-65-61-57-53-49-46-43-41-39-37-35-33-31-29-27-25-23-22-24-26-28-30-32-34-36-38-40-42-44-47-51-55-59-63-67-71-75-79-90-84(89)78-74-70-66-62-58-54-50-20-18-16-14-12-10-8-6-4-2/h14,16,20,22-23,26,28,50,81-82,86-87H,3-13,15,17-19,21,24-25,27,29-49,51-80H2,1-2H3,(H,85,88)/b16-14-,23-22-,28-26-,50-20-. The average Bonchev–Trinajstić information content (AvgIpc) is 3.68. The molecule has 0 radical (unpaired) electrons. The third-order valence-corrected chi connectivity index (χ3v) is 19.1. The second-order valence-electron chi connectivity index (χ2n) is 28.1. The van der Waals surface area contributed by atoms with Gasteiger partial charge in [-0.15, -0.1) is 0 Å². The molecular formula is C84H159NO5. The molecule has 0 saturated heterocycles. The van der Waals surface area contributed by atoms with E-state index in [9.17, 15) is 19.8 Å². The van der Waals surface area contributed by atoms with Crippen LogP contribution in [0.1, 0.15) is 450 Å². The Bertz CT molecular complexity index is 1500. The molecule has 0 heterocycles. The van der Waals surface area contributed by atoms with Crippen molar-refractivity contribution in [1.82, 2.24) is 5.32 Å². The molecule has 0 aliphatic carbocycles. The minimum Gasteiger partial charge on any atom is -0.466 e. The number of esters is 1. The summed E-state index contributed by atoms with van der Waals surface area (Å²) in [5.74, 6) is -0.0205. The second-order valence-corrected chi connectivity index (χ2v) is 28.1. The fourth-order valence-corrected chi connectivity index (χ4v) is 12.9. The van der Waals surface area contributed by atoms with E-state index in [2.05, 4.69) is 67.8 Å². The van der Waals surface area contributed by atoms with Gasteiger partial charge in [0.25, 0.3) is 0 Å². The zero-order chi connectivity index (χ0) is 64.9. The Labute approximate surface area is 563 Å². The molecule has 0 bridgehead atoms. The maximum absolute atomic E-state index is 12.6.